The fourth-order valence-corrected chi connectivity index (χ4v) is 2.47. The van der Waals surface area contributed by atoms with Crippen LogP contribution in [0.1, 0.15) is 0 Å². The summed E-state index contributed by atoms with van der Waals surface area (Å²) >= 11 is 0. The molecule has 0 saturated carbocycles. The highest BCUT2D eigenvalue weighted by Gasteiger charge is 2.13. The molecule has 0 saturated heterocycles. The monoisotopic (exact) mass is 302 g/mol. The van der Waals surface area contributed by atoms with Gasteiger partial charge in [0.2, 0.25) is 5.95 Å². The minimum atomic E-state index is -3.68. The van der Waals surface area contributed by atoms with Crippen LogP contribution in [0.3, 0.4) is 0 Å². The fourth-order valence-electron chi connectivity index (χ4n) is 1.61. The molecular weight excluding hydrogens is 292 g/mol. The zero-order valence-corrected chi connectivity index (χ0v) is 11.4. The molecule has 0 unspecified atom stereocenters. The zero-order valence-electron chi connectivity index (χ0n) is 10.6. The van der Waals surface area contributed by atoms with E-state index in [2.05, 4.69) is 30.2 Å². The van der Waals surface area contributed by atoms with E-state index in [9.17, 15) is 8.42 Å². The number of hydrogen-bond acceptors (Lipinski definition) is 7. The molecule has 0 aliphatic carbocycles. The molecule has 3 rings (SSSR count). The predicted octanol–water partition coefficient (Wildman–Crippen LogP) is 0.725. The van der Waals surface area contributed by atoms with Gasteiger partial charge in [-0.25, -0.2) is 28.4 Å². The number of sulfonamides is 1. The molecule has 0 amide bonds. The Morgan fingerprint density at radius 1 is 0.952 bits per heavy atom. The van der Waals surface area contributed by atoms with Gasteiger partial charge in [-0.05, 0) is 12.1 Å². The number of rotatable bonds is 4. The largest absolute Gasteiger partial charge is 0.276 e. The van der Waals surface area contributed by atoms with Crippen molar-refractivity contribution in [3.05, 3.63) is 49.1 Å². The van der Waals surface area contributed by atoms with Crippen molar-refractivity contribution >= 4 is 27.0 Å². The average Bonchev–Trinajstić information content (AvgIpc) is 2.54. The molecule has 106 valence electrons. The number of benzene rings is 1. The lowest BCUT2D eigenvalue weighted by Gasteiger charge is -2.08. The highest BCUT2D eigenvalue weighted by Crippen LogP contribution is 2.09. The van der Waals surface area contributed by atoms with Crippen LogP contribution in [0, 0.1) is 0 Å². The number of aromatic nitrogens is 4. The number of hydrazine groups is 1. The number of nitrogens with one attached hydrogen (secondary N) is 2. The van der Waals surface area contributed by atoms with Gasteiger partial charge in [0.25, 0.3) is 10.0 Å². The van der Waals surface area contributed by atoms with E-state index in [4.69, 9.17) is 0 Å². The molecule has 3 aromatic rings. The summed E-state index contributed by atoms with van der Waals surface area (Å²) in [5, 5.41) is 0. The van der Waals surface area contributed by atoms with Gasteiger partial charge in [-0.15, -0.1) is 4.83 Å². The van der Waals surface area contributed by atoms with Crippen molar-refractivity contribution in [2.24, 2.45) is 0 Å². The third-order valence-corrected chi connectivity index (χ3v) is 3.87. The van der Waals surface area contributed by atoms with E-state index in [1.165, 1.54) is 30.9 Å². The molecule has 2 heterocycles. The molecule has 2 aromatic heterocycles. The molecule has 0 bridgehead atoms. The van der Waals surface area contributed by atoms with Crippen LogP contribution in [0.25, 0.3) is 11.0 Å². The molecule has 9 heteroatoms. The lowest BCUT2D eigenvalue weighted by Crippen LogP contribution is -2.30. The van der Waals surface area contributed by atoms with E-state index in [0.29, 0.717) is 11.0 Å². The smallest absolute Gasteiger partial charge is 0.257 e. The van der Waals surface area contributed by atoms with Crippen molar-refractivity contribution in [3.8, 4) is 0 Å². The maximum absolute atomic E-state index is 12.0. The van der Waals surface area contributed by atoms with Gasteiger partial charge in [0.1, 0.15) is 17.4 Å². The summed E-state index contributed by atoms with van der Waals surface area (Å²) in [5.74, 6) is 0.108. The van der Waals surface area contributed by atoms with Gasteiger partial charge in [-0.3, -0.25) is 5.43 Å². The van der Waals surface area contributed by atoms with E-state index < -0.39 is 10.0 Å². The summed E-state index contributed by atoms with van der Waals surface area (Å²) < 4.78 is 24.0. The Morgan fingerprint density at radius 3 is 2.57 bits per heavy atom. The molecule has 0 fully saturated rings. The second-order valence-electron chi connectivity index (χ2n) is 4.03. The lowest BCUT2D eigenvalue weighted by molar-refractivity contribution is 0.587. The summed E-state index contributed by atoms with van der Waals surface area (Å²) in [6.07, 6.45) is 4.38. The molecule has 8 nitrogen and oxygen atoms in total. The first-order valence-corrected chi connectivity index (χ1v) is 7.39. The summed E-state index contributed by atoms with van der Waals surface area (Å²) in [7, 11) is -3.68. The molecule has 1 aromatic carbocycles. The molecule has 0 radical (unpaired) electrons. The Labute approximate surface area is 120 Å². The van der Waals surface area contributed by atoms with Gasteiger partial charge >= 0.3 is 0 Å². The topological polar surface area (TPSA) is 110 Å². The van der Waals surface area contributed by atoms with Gasteiger partial charge in [0.05, 0.1) is 17.3 Å². The predicted molar refractivity (Wildman–Crippen MR) is 75.5 cm³/mol. The summed E-state index contributed by atoms with van der Waals surface area (Å²) in [4.78, 5) is 18.2. The lowest BCUT2D eigenvalue weighted by atomic mass is 10.4. The Morgan fingerprint density at radius 2 is 1.76 bits per heavy atom. The summed E-state index contributed by atoms with van der Waals surface area (Å²) in [5.41, 5.74) is 3.54. The van der Waals surface area contributed by atoms with Crippen LogP contribution in [0.5, 0.6) is 0 Å². The fraction of sp³-hybridized carbons (Fsp3) is 0. The Kier molecular flexibility index (Phi) is 3.42. The average molecular weight is 302 g/mol. The third kappa shape index (κ3) is 2.93. The maximum atomic E-state index is 12.0. The van der Waals surface area contributed by atoms with Crippen molar-refractivity contribution in [3.63, 3.8) is 0 Å². The summed E-state index contributed by atoms with van der Waals surface area (Å²) in [6.45, 7) is 0. The number of anilines is 1. The molecule has 2 N–H and O–H groups in total. The number of fused-ring (bicyclic) bond motifs is 1. The van der Waals surface area contributed by atoms with Gasteiger partial charge in [-0.1, -0.05) is 18.2 Å². The van der Waals surface area contributed by atoms with Crippen LogP contribution in [0.15, 0.2) is 53.9 Å². The van der Waals surface area contributed by atoms with Crippen LogP contribution in [0.4, 0.5) is 5.95 Å². The molecule has 0 aliphatic heterocycles. The van der Waals surface area contributed by atoms with E-state index in [1.54, 1.807) is 18.2 Å². The third-order valence-electron chi connectivity index (χ3n) is 2.61. The van der Waals surface area contributed by atoms with Crippen molar-refractivity contribution in [1.82, 2.24) is 24.8 Å². The Hall–Kier alpha value is -2.65. The molecular formula is C12H10N6O2S. The van der Waals surface area contributed by atoms with E-state index in [-0.39, 0.29) is 10.8 Å². The first-order valence-electron chi connectivity index (χ1n) is 5.91. The van der Waals surface area contributed by atoms with Crippen molar-refractivity contribution in [2.75, 3.05) is 5.43 Å². The number of nitrogens with zero attached hydrogens (tertiary/aromatic N) is 4. The highest BCUT2D eigenvalue weighted by molar-refractivity contribution is 7.89. The van der Waals surface area contributed by atoms with Gasteiger partial charge in [-0.2, -0.15) is 0 Å². The Balaban J connectivity index is 1.80. The Bertz CT molecular complexity index is 869. The van der Waals surface area contributed by atoms with Crippen LogP contribution in [0.2, 0.25) is 0 Å². The van der Waals surface area contributed by atoms with Crippen LogP contribution >= 0.6 is 0 Å². The van der Waals surface area contributed by atoms with Gasteiger partial charge < -0.3 is 0 Å². The van der Waals surface area contributed by atoms with Crippen molar-refractivity contribution in [1.29, 1.82) is 0 Å². The van der Waals surface area contributed by atoms with Crippen LogP contribution in [-0.2, 0) is 10.0 Å². The molecule has 0 aliphatic rings. The molecule has 0 spiro atoms. The summed E-state index contributed by atoms with van der Waals surface area (Å²) in [6, 6.07) is 7.98. The van der Waals surface area contributed by atoms with E-state index >= 15 is 0 Å². The van der Waals surface area contributed by atoms with Crippen molar-refractivity contribution < 1.29 is 8.42 Å². The van der Waals surface area contributed by atoms with E-state index in [0.717, 1.165) is 0 Å². The minimum absolute atomic E-state index is 0.108. The molecule has 21 heavy (non-hydrogen) atoms. The van der Waals surface area contributed by atoms with Crippen LogP contribution < -0.4 is 10.3 Å². The van der Waals surface area contributed by atoms with E-state index in [1.807, 2.05) is 0 Å². The first-order chi connectivity index (χ1) is 10.1. The number of hydrogen-bond donors (Lipinski definition) is 2. The zero-order chi connectivity index (χ0) is 14.7. The normalized spacial score (nSPS) is 11.4. The highest BCUT2D eigenvalue weighted by atomic mass is 32.2. The quantitative estimate of drug-likeness (QED) is 0.683. The van der Waals surface area contributed by atoms with Gasteiger partial charge in [0, 0.05) is 0 Å². The van der Waals surface area contributed by atoms with Crippen LogP contribution in [-0.4, -0.2) is 28.4 Å². The molecule has 0 atom stereocenters. The second-order valence-corrected chi connectivity index (χ2v) is 5.71. The van der Waals surface area contributed by atoms with Gasteiger partial charge in [0.15, 0.2) is 0 Å². The minimum Gasteiger partial charge on any atom is -0.276 e. The SMILES string of the molecule is O=S(=O)(NNc1ncc2ncncc2n1)c1ccccc1. The second kappa shape index (κ2) is 5.38. The maximum Gasteiger partial charge on any atom is 0.257 e. The standard InChI is InChI=1S/C12H10N6O2S/c19-21(20,9-4-2-1-3-5-9)18-17-12-14-7-10-11(16-12)6-13-8-15-10/h1-8,18H,(H,14,16,17). The van der Waals surface area contributed by atoms with Crippen molar-refractivity contribution in [2.45, 2.75) is 4.90 Å². The first kappa shape index (κ1) is 13.3.